The molecule has 5 nitrogen and oxygen atoms in total. The van der Waals surface area contributed by atoms with E-state index in [-0.39, 0.29) is 23.9 Å². The van der Waals surface area contributed by atoms with Crippen LogP contribution in [0.2, 0.25) is 10.0 Å². The summed E-state index contributed by atoms with van der Waals surface area (Å²) >= 11 is 11.6. The van der Waals surface area contributed by atoms with Gasteiger partial charge in [-0.05, 0) is 24.6 Å². The van der Waals surface area contributed by atoms with Crippen molar-refractivity contribution in [3.63, 3.8) is 0 Å². The molecule has 0 aliphatic rings. The quantitative estimate of drug-likeness (QED) is 0.580. The molecule has 0 aromatic heterocycles. The lowest BCUT2D eigenvalue weighted by Gasteiger charge is -2.07. The monoisotopic (exact) mass is 290 g/mol. The molecule has 98 valence electrons. The fourth-order valence-corrected chi connectivity index (χ4v) is 1.47. The molecule has 0 radical (unpaired) electrons. The average molecular weight is 291 g/mol. The summed E-state index contributed by atoms with van der Waals surface area (Å²) in [6.07, 6.45) is 0.386. The van der Waals surface area contributed by atoms with Crippen LogP contribution in [0.25, 0.3) is 0 Å². The van der Waals surface area contributed by atoms with Crippen molar-refractivity contribution in [2.45, 2.75) is 6.42 Å². The van der Waals surface area contributed by atoms with Gasteiger partial charge < -0.3 is 15.7 Å². The molecule has 0 heterocycles. The first kappa shape index (κ1) is 14.8. The van der Waals surface area contributed by atoms with E-state index >= 15 is 0 Å². The SMILES string of the molecule is O=C(NCCCO)C(=O)Nc1cc(Cl)ccc1Cl. The molecular formula is C11H12Cl2N2O3. The zero-order chi connectivity index (χ0) is 13.5. The van der Waals surface area contributed by atoms with Gasteiger partial charge in [0.25, 0.3) is 0 Å². The van der Waals surface area contributed by atoms with Gasteiger partial charge in [-0.3, -0.25) is 9.59 Å². The first-order valence-corrected chi connectivity index (χ1v) is 5.95. The molecule has 1 aromatic rings. The van der Waals surface area contributed by atoms with E-state index in [4.69, 9.17) is 28.3 Å². The number of carbonyl (C=O) groups is 2. The van der Waals surface area contributed by atoms with Gasteiger partial charge in [-0.25, -0.2) is 0 Å². The summed E-state index contributed by atoms with van der Waals surface area (Å²) in [5.41, 5.74) is 0.270. The van der Waals surface area contributed by atoms with E-state index in [9.17, 15) is 9.59 Å². The van der Waals surface area contributed by atoms with Gasteiger partial charge in [0.1, 0.15) is 0 Å². The highest BCUT2D eigenvalue weighted by molar-refractivity contribution is 6.42. The second kappa shape index (κ2) is 7.20. The lowest BCUT2D eigenvalue weighted by molar-refractivity contribution is -0.136. The topological polar surface area (TPSA) is 78.4 Å². The highest BCUT2D eigenvalue weighted by Gasteiger charge is 2.14. The van der Waals surface area contributed by atoms with Gasteiger partial charge in [0.05, 0.1) is 10.7 Å². The van der Waals surface area contributed by atoms with Crippen LogP contribution in [-0.2, 0) is 9.59 Å². The third kappa shape index (κ3) is 4.52. The van der Waals surface area contributed by atoms with Crippen LogP contribution in [0.15, 0.2) is 18.2 Å². The van der Waals surface area contributed by atoms with E-state index in [1.54, 1.807) is 6.07 Å². The van der Waals surface area contributed by atoms with Crippen LogP contribution in [0.3, 0.4) is 0 Å². The fraction of sp³-hybridized carbons (Fsp3) is 0.273. The maximum atomic E-state index is 11.5. The maximum Gasteiger partial charge on any atom is 0.313 e. The van der Waals surface area contributed by atoms with Gasteiger partial charge in [0, 0.05) is 18.2 Å². The lowest BCUT2D eigenvalue weighted by atomic mass is 10.3. The molecule has 0 unspecified atom stereocenters. The number of aliphatic hydroxyl groups excluding tert-OH is 1. The summed E-state index contributed by atoms with van der Waals surface area (Å²) in [6.45, 7) is 0.175. The zero-order valence-electron chi connectivity index (χ0n) is 9.37. The lowest BCUT2D eigenvalue weighted by Crippen LogP contribution is -2.36. The minimum Gasteiger partial charge on any atom is -0.396 e. The number of nitrogens with one attached hydrogen (secondary N) is 2. The minimum absolute atomic E-state index is 0.0536. The molecule has 0 aliphatic carbocycles. The van der Waals surface area contributed by atoms with Gasteiger partial charge in [-0.2, -0.15) is 0 Å². The summed E-state index contributed by atoms with van der Waals surface area (Å²) in [7, 11) is 0. The molecule has 0 saturated heterocycles. The minimum atomic E-state index is -0.836. The first-order valence-electron chi connectivity index (χ1n) is 5.19. The van der Waals surface area contributed by atoms with E-state index in [2.05, 4.69) is 10.6 Å². The Morgan fingerprint density at radius 1 is 1.22 bits per heavy atom. The third-order valence-corrected chi connectivity index (χ3v) is 2.57. The van der Waals surface area contributed by atoms with Crippen molar-refractivity contribution < 1.29 is 14.7 Å². The first-order chi connectivity index (χ1) is 8.54. The Morgan fingerprint density at radius 3 is 2.61 bits per heavy atom. The third-order valence-electron chi connectivity index (χ3n) is 2.00. The summed E-state index contributed by atoms with van der Waals surface area (Å²) in [6, 6.07) is 4.53. The highest BCUT2D eigenvalue weighted by Crippen LogP contribution is 2.25. The molecule has 0 atom stereocenters. The van der Waals surface area contributed by atoms with Crippen molar-refractivity contribution >= 4 is 40.7 Å². The van der Waals surface area contributed by atoms with Crippen LogP contribution in [0.1, 0.15) is 6.42 Å². The van der Waals surface area contributed by atoms with Crippen LogP contribution in [-0.4, -0.2) is 30.1 Å². The van der Waals surface area contributed by atoms with E-state index in [0.29, 0.717) is 11.4 Å². The molecule has 0 aliphatic heterocycles. The van der Waals surface area contributed by atoms with Crippen LogP contribution in [0.4, 0.5) is 5.69 Å². The molecule has 1 rings (SSSR count). The molecule has 1 aromatic carbocycles. The van der Waals surface area contributed by atoms with Crippen molar-refractivity contribution in [1.82, 2.24) is 5.32 Å². The van der Waals surface area contributed by atoms with Crippen molar-refractivity contribution in [3.8, 4) is 0 Å². The number of aliphatic hydroxyl groups is 1. The normalized spacial score (nSPS) is 9.94. The van der Waals surface area contributed by atoms with Crippen LogP contribution in [0, 0.1) is 0 Å². The molecule has 0 fully saturated rings. The molecular weight excluding hydrogens is 279 g/mol. The molecule has 0 saturated carbocycles. The number of benzene rings is 1. The Kier molecular flexibility index (Phi) is 5.91. The van der Waals surface area contributed by atoms with Crippen molar-refractivity contribution in [2.75, 3.05) is 18.5 Å². The molecule has 2 amide bonds. The largest absolute Gasteiger partial charge is 0.396 e. The molecule has 0 bridgehead atoms. The van der Waals surface area contributed by atoms with Crippen LogP contribution in [0.5, 0.6) is 0 Å². The van der Waals surface area contributed by atoms with Crippen molar-refractivity contribution in [3.05, 3.63) is 28.2 Å². The Hall–Kier alpha value is -1.30. The molecule has 0 spiro atoms. The number of carbonyl (C=O) groups excluding carboxylic acids is 2. The number of amides is 2. The highest BCUT2D eigenvalue weighted by atomic mass is 35.5. The summed E-state index contributed by atoms with van der Waals surface area (Å²) in [5, 5.41) is 13.9. The van der Waals surface area contributed by atoms with Gasteiger partial charge in [0.15, 0.2) is 0 Å². The number of hydrogen-bond acceptors (Lipinski definition) is 3. The smallest absolute Gasteiger partial charge is 0.313 e. The van der Waals surface area contributed by atoms with E-state index in [0.717, 1.165) is 0 Å². The van der Waals surface area contributed by atoms with Crippen molar-refractivity contribution in [2.24, 2.45) is 0 Å². The number of rotatable bonds is 4. The molecule has 18 heavy (non-hydrogen) atoms. The van der Waals surface area contributed by atoms with E-state index in [1.807, 2.05) is 0 Å². The Bertz CT molecular complexity index is 452. The molecule has 3 N–H and O–H groups in total. The average Bonchev–Trinajstić information content (AvgIpc) is 2.34. The Balaban J connectivity index is 2.58. The fourth-order valence-electron chi connectivity index (χ4n) is 1.13. The number of halogens is 2. The molecule has 7 heteroatoms. The Morgan fingerprint density at radius 2 is 1.94 bits per heavy atom. The van der Waals surface area contributed by atoms with E-state index in [1.165, 1.54) is 12.1 Å². The van der Waals surface area contributed by atoms with Crippen LogP contribution >= 0.6 is 23.2 Å². The van der Waals surface area contributed by atoms with Gasteiger partial charge in [-0.15, -0.1) is 0 Å². The predicted molar refractivity (Wildman–Crippen MR) is 69.8 cm³/mol. The van der Waals surface area contributed by atoms with Crippen molar-refractivity contribution in [1.29, 1.82) is 0 Å². The zero-order valence-corrected chi connectivity index (χ0v) is 10.9. The summed E-state index contributed by atoms with van der Waals surface area (Å²) < 4.78 is 0. The second-order valence-electron chi connectivity index (χ2n) is 3.41. The summed E-state index contributed by atoms with van der Waals surface area (Å²) in [4.78, 5) is 22.8. The second-order valence-corrected chi connectivity index (χ2v) is 4.25. The summed E-state index contributed by atoms with van der Waals surface area (Å²) in [5.74, 6) is -1.63. The standard InChI is InChI=1S/C11H12Cl2N2O3/c12-7-2-3-8(13)9(6-7)15-11(18)10(17)14-4-1-5-16/h2-3,6,16H,1,4-5H2,(H,14,17)(H,15,18). The predicted octanol–water partition coefficient (Wildman–Crippen LogP) is 1.43. The number of hydrogen-bond donors (Lipinski definition) is 3. The van der Waals surface area contributed by atoms with Gasteiger partial charge in [-0.1, -0.05) is 23.2 Å². The van der Waals surface area contributed by atoms with Crippen LogP contribution < -0.4 is 10.6 Å². The maximum absolute atomic E-state index is 11.5. The Labute approximate surface area is 114 Å². The van der Waals surface area contributed by atoms with E-state index < -0.39 is 11.8 Å². The van der Waals surface area contributed by atoms with Gasteiger partial charge in [0.2, 0.25) is 0 Å². The number of anilines is 1. The van der Waals surface area contributed by atoms with Gasteiger partial charge >= 0.3 is 11.8 Å².